The first-order valence-electron chi connectivity index (χ1n) is 11.1. The summed E-state index contributed by atoms with van der Waals surface area (Å²) in [5.41, 5.74) is -0.623. The number of Topliss-reactive ketones (excluding diaryl/α,β-unsaturated/α-hetero) is 1. The van der Waals surface area contributed by atoms with E-state index >= 15 is 0 Å². The summed E-state index contributed by atoms with van der Waals surface area (Å²) >= 11 is 6.46. The van der Waals surface area contributed by atoms with Crippen LogP contribution in [0.3, 0.4) is 0 Å². The van der Waals surface area contributed by atoms with Gasteiger partial charge in [0.15, 0.2) is 0 Å². The molecule has 0 spiro atoms. The average molecular weight is 521 g/mol. The Morgan fingerprint density at radius 1 is 1.22 bits per heavy atom. The number of H-pyrrole nitrogens is 1. The Morgan fingerprint density at radius 3 is 2.61 bits per heavy atom. The van der Waals surface area contributed by atoms with Gasteiger partial charge in [0.05, 0.1) is 22.3 Å². The van der Waals surface area contributed by atoms with Gasteiger partial charge in [0, 0.05) is 30.8 Å². The molecule has 3 N–H and O–H groups in total. The van der Waals surface area contributed by atoms with E-state index in [1.54, 1.807) is 6.92 Å². The van der Waals surface area contributed by atoms with Crippen LogP contribution in [-0.2, 0) is 23.3 Å². The number of nitrogens with one attached hydrogen (secondary N) is 3. The predicted molar refractivity (Wildman–Crippen MR) is 122 cm³/mol. The number of carbonyl (C=O) groups is 3. The molecule has 1 aliphatic carbocycles. The third-order valence-electron chi connectivity index (χ3n) is 6.56. The molecule has 1 fully saturated rings. The molecule has 0 saturated heterocycles. The minimum Gasteiger partial charge on any atom is -0.340 e. The number of fused-ring (bicyclic) bond motifs is 1. The van der Waals surface area contributed by atoms with Crippen LogP contribution >= 0.6 is 11.6 Å². The first-order valence-corrected chi connectivity index (χ1v) is 11.5. The Kier molecular flexibility index (Phi) is 5.66. The number of rotatable bonds is 6. The second kappa shape index (κ2) is 8.47. The minimum atomic E-state index is -3.04. The van der Waals surface area contributed by atoms with Crippen molar-refractivity contribution in [2.24, 2.45) is 0 Å². The van der Waals surface area contributed by atoms with E-state index in [0.717, 1.165) is 6.07 Å². The zero-order valence-corrected chi connectivity index (χ0v) is 19.7. The van der Waals surface area contributed by atoms with Crippen molar-refractivity contribution in [2.45, 2.75) is 50.6 Å². The highest BCUT2D eigenvalue weighted by Gasteiger charge is 2.60. The number of aromatic amines is 1. The number of aromatic nitrogens is 4. The largest absolute Gasteiger partial charge is 0.340 e. The molecule has 13 heteroatoms. The molecule has 188 valence electrons. The first kappa shape index (κ1) is 24.0. The van der Waals surface area contributed by atoms with Gasteiger partial charge in [0.2, 0.25) is 0 Å². The van der Waals surface area contributed by atoms with E-state index in [4.69, 9.17) is 11.6 Å². The van der Waals surface area contributed by atoms with Crippen LogP contribution in [0, 0.1) is 12.7 Å². The van der Waals surface area contributed by atoms with Crippen molar-refractivity contribution >= 4 is 34.9 Å². The van der Waals surface area contributed by atoms with Crippen LogP contribution < -0.4 is 10.6 Å². The van der Waals surface area contributed by atoms with Gasteiger partial charge in [-0.15, -0.1) is 0 Å². The highest BCUT2D eigenvalue weighted by molar-refractivity contribution is 6.48. The Bertz CT molecular complexity index is 1390. The van der Waals surface area contributed by atoms with Crippen molar-refractivity contribution in [1.29, 1.82) is 0 Å². The Hall–Kier alpha value is -3.67. The smallest absolute Gasteiger partial charge is 0.294 e. The molecule has 3 heterocycles. The van der Waals surface area contributed by atoms with Crippen molar-refractivity contribution in [3.05, 3.63) is 63.4 Å². The van der Waals surface area contributed by atoms with Gasteiger partial charge >= 0.3 is 0 Å². The zero-order chi connectivity index (χ0) is 25.8. The van der Waals surface area contributed by atoms with Crippen molar-refractivity contribution in [3.8, 4) is 0 Å². The van der Waals surface area contributed by atoms with Gasteiger partial charge in [-0.05, 0) is 37.5 Å². The van der Waals surface area contributed by atoms with E-state index in [2.05, 4.69) is 26.0 Å². The van der Waals surface area contributed by atoms with Crippen LogP contribution in [0.25, 0.3) is 0 Å². The number of anilines is 1. The van der Waals surface area contributed by atoms with E-state index in [1.165, 1.54) is 22.9 Å². The van der Waals surface area contributed by atoms with Gasteiger partial charge in [-0.25, -0.2) is 13.2 Å². The van der Waals surface area contributed by atoms with E-state index < -0.39 is 47.7 Å². The molecule has 36 heavy (non-hydrogen) atoms. The fourth-order valence-electron chi connectivity index (χ4n) is 4.84. The Balaban J connectivity index is 1.43. The molecule has 0 bridgehead atoms. The monoisotopic (exact) mass is 520 g/mol. The Morgan fingerprint density at radius 2 is 1.97 bits per heavy atom. The first-order chi connectivity index (χ1) is 17.0. The lowest BCUT2D eigenvalue weighted by Crippen LogP contribution is -2.61. The maximum Gasteiger partial charge on any atom is 0.294 e. The summed E-state index contributed by atoms with van der Waals surface area (Å²) in [6, 6.07) is 4.19. The average Bonchev–Trinajstić information content (AvgIpc) is 3.52. The summed E-state index contributed by atoms with van der Waals surface area (Å²) in [7, 11) is 0. The molecule has 3 aromatic rings. The van der Waals surface area contributed by atoms with Crippen LogP contribution in [0.15, 0.2) is 24.4 Å². The summed E-state index contributed by atoms with van der Waals surface area (Å²) in [6.45, 7) is 1.92. The van der Waals surface area contributed by atoms with Crippen molar-refractivity contribution in [2.75, 3.05) is 5.32 Å². The van der Waals surface area contributed by atoms with Gasteiger partial charge < -0.3 is 15.2 Å². The zero-order valence-electron chi connectivity index (χ0n) is 18.9. The lowest BCUT2D eigenvalue weighted by atomic mass is 9.71. The molecule has 0 unspecified atom stereocenters. The van der Waals surface area contributed by atoms with Gasteiger partial charge in [-0.2, -0.15) is 15.4 Å². The number of amides is 2. The number of alkyl halides is 2. The summed E-state index contributed by atoms with van der Waals surface area (Å²) in [4.78, 5) is 39.3. The van der Waals surface area contributed by atoms with E-state index in [9.17, 15) is 27.6 Å². The van der Waals surface area contributed by atoms with Crippen molar-refractivity contribution in [1.82, 2.24) is 25.3 Å². The normalized spacial score (nSPS) is 17.2. The number of hydrogen-bond donors (Lipinski definition) is 3. The lowest BCUT2D eigenvalue weighted by Gasteiger charge is -2.46. The highest BCUT2D eigenvalue weighted by Crippen LogP contribution is 2.51. The van der Waals surface area contributed by atoms with Crippen LogP contribution in [0.2, 0.25) is 5.02 Å². The molecular weight excluding hydrogens is 501 g/mol. The number of nitrogens with zero attached hydrogens (tertiary/aromatic N) is 3. The van der Waals surface area contributed by atoms with Crippen LogP contribution in [0.4, 0.5) is 18.9 Å². The number of halogens is 4. The van der Waals surface area contributed by atoms with Gasteiger partial charge in [-0.1, -0.05) is 17.7 Å². The molecule has 2 aromatic heterocycles. The minimum absolute atomic E-state index is 0.00712. The summed E-state index contributed by atoms with van der Waals surface area (Å²) in [6.07, 6.45) is 0.745. The van der Waals surface area contributed by atoms with Gasteiger partial charge in [-0.3, -0.25) is 14.4 Å². The number of benzene rings is 1. The molecule has 0 radical (unpaired) electrons. The lowest BCUT2D eigenvalue weighted by molar-refractivity contribution is -0.148. The van der Waals surface area contributed by atoms with Crippen LogP contribution in [0.1, 0.15) is 57.1 Å². The van der Waals surface area contributed by atoms with Gasteiger partial charge in [0.1, 0.15) is 17.2 Å². The highest BCUT2D eigenvalue weighted by atomic mass is 35.5. The predicted octanol–water partition coefficient (Wildman–Crippen LogP) is 3.53. The van der Waals surface area contributed by atoms with Crippen LogP contribution in [0.5, 0.6) is 0 Å². The number of aryl methyl sites for hydroxylation is 1. The van der Waals surface area contributed by atoms with Crippen molar-refractivity contribution < 1.29 is 27.6 Å². The molecule has 9 nitrogen and oxygen atoms in total. The molecule has 1 saturated carbocycles. The molecule has 1 aromatic carbocycles. The Labute approximate surface area is 207 Å². The molecule has 0 atom stereocenters. The molecular formula is C23H20ClF3N6O3. The SMILES string of the molecule is Cc1ccc(NC(=O)c2c(Cl)c(C(=O)C(=O)NC3(c4cn[nH]n4)CC(F)(F)C3)n3c2CCC3)cc1F. The van der Waals surface area contributed by atoms with E-state index in [1.807, 2.05) is 0 Å². The summed E-state index contributed by atoms with van der Waals surface area (Å²) < 4.78 is 43.0. The second-order valence-corrected chi connectivity index (χ2v) is 9.47. The van der Waals surface area contributed by atoms with Crippen LogP contribution in [-0.4, -0.2) is 43.5 Å². The van der Waals surface area contributed by atoms with Gasteiger partial charge in [0.25, 0.3) is 23.5 Å². The standard InChI is InChI=1S/C23H20ClF3N6O3/c1-11-4-5-12(7-13(11)25)29-20(35)16-14-3-2-6-33(14)18(17(16)24)19(34)21(36)30-22(9-23(26,27)10-22)15-8-28-32-31-15/h4-5,7-8H,2-3,6,9-10H2,1H3,(H,29,35)(H,30,36)(H,28,31,32). The molecule has 5 rings (SSSR count). The summed E-state index contributed by atoms with van der Waals surface area (Å²) in [5, 5.41) is 14.5. The quantitative estimate of drug-likeness (QED) is 0.339. The third kappa shape index (κ3) is 3.94. The number of carbonyl (C=O) groups excluding carboxylic acids is 3. The number of hydrogen-bond acceptors (Lipinski definition) is 5. The summed E-state index contributed by atoms with van der Waals surface area (Å²) in [5.74, 6) is -6.43. The third-order valence-corrected chi connectivity index (χ3v) is 6.93. The molecule has 2 amide bonds. The maximum atomic E-state index is 13.9. The second-order valence-electron chi connectivity index (χ2n) is 9.09. The topological polar surface area (TPSA) is 122 Å². The maximum absolute atomic E-state index is 13.9. The van der Waals surface area contributed by atoms with E-state index in [0.29, 0.717) is 30.6 Å². The number of ketones is 1. The van der Waals surface area contributed by atoms with E-state index in [-0.39, 0.29) is 27.7 Å². The fourth-order valence-corrected chi connectivity index (χ4v) is 5.22. The molecule has 2 aliphatic rings. The molecule has 1 aliphatic heterocycles. The van der Waals surface area contributed by atoms with Crippen molar-refractivity contribution in [3.63, 3.8) is 0 Å². The fraction of sp³-hybridized carbons (Fsp3) is 0.348.